The molecule has 6 nitrogen and oxygen atoms in total. The van der Waals surface area contributed by atoms with Crippen molar-refractivity contribution in [2.24, 2.45) is 5.73 Å². The number of anilines is 1. The molecule has 18 heavy (non-hydrogen) atoms. The maximum atomic E-state index is 11.8. The third-order valence-corrected chi connectivity index (χ3v) is 3.01. The van der Waals surface area contributed by atoms with E-state index in [-0.39, 0.29) is 24.0 Å². The molecule has 98 valence electrons. The average Bonchev–Trinajstić information content (AvgIpc) is 2.26. The highest BCUT2D eigenvalue weighted by molar-refractivity contribution is 5.98. The van der Waals surface area contributed by atoms with Gasteiger partial charge in [-0.2, -0.15) is 0 Å². The summed E-state index contributed by atoms with van der Waals surface area (Å²) < 4.78 is 0. The number of carbonyl (C=O) groups excluding carboxylic acids is 1. The van der Waals surface area contributed by atoms with Gasteiger partial charge in [0.15, 0.2) is 0 Å². The molecule has 0 heterocycles. The number of amides is 1. The zero-order valence-electron chi connectivity index (χ0n) is 9.59. The molecular weight excluding hydrogens is 258 g/mol. The summed E-state index contributed by atoms with van der Waals surface area (Å²) in [5, 5.41) is 13.2. The van der Waals surface area contributed by atoms with Crippen LogP contribution in [0.15, 0.2) is 24.3 Å². The fourth-order valence-corrected chi connectivity index (χ4v) is 1.74. The number of nitro benzene ring substituents is 1. The number of nitrogens with two attached hydrogens (primary N) is 1. The van der Waals surface area contributed by atoms with Gasteiger partial charge in [-0.15, -0.1) is 12.4 Å². The van der Waals surface area contributed by atoms with Crippen molar-refractivity contribution in [2.45, 2.75) is 24.8 Å². The number of non-ortho nitro benzene ring substituents is 1. The standard InChI is InChI=1S/C11H13N3O3.ClH/c12-11(5-2-6-11)10(15)13-8-3-1-4-9(7-8)14(16)17;/h1,3-4,7H,2,5-6,12H2,(H,13,15);1H. The largest absolute Gasteiger partial charge is 0.324 e. The molecule has 1 amide bonds. The predicted molar refractivity (Wildman–Crippen MR) is 69.7 cm³/mol. The van der Waals surface area contributed by atoms with Crippen molar-refractivity contribution in [1.82, 2.24) is 0 Å². The number of nitro groups is 1. The van der Waals surface area contributed by atoms with Crippen molar-refractivity contribution in [3.8, 4) is 0 Å². The monoisotopic (exact) mass is 271 g/mol. The SMILES string of the molecule is Cl.NC1(C(=O)Nc2cccc([N+](=O)[O-])c2)CCC1. The molecule has 3 N–H and O–H groups in total. The molecule has 1 fully saturated rings. The molecule has 1 saturated carbocycles. The second kappa shape index (κ2) is 5.32. The van der Waals surface area contributed by atoms with E-state index in [1.807, 2.05) is 0 Å². The van der Waals surface area contributed by atoms with E-state index in [0.717, 1.165) is 6.42 Å². The Morgan fingerprint density at radius 2 is 2.11 bits per heavy atom. The first-order valence-electron chi connectivity index (χ1n) is 5.36. The lowest BCUT2D eigenvalue weighted by molar-refractivity contribution is -0.384. The number of benzene rings is 1. The van der Waals surface area contributed by atoms with E-state index in [9.17, 15) is 14.9 Å². The van der Waals surface area contributed by atoms with Gasteiger partial charge in [0.05, 0.1) is 10.5 Å². The summed E-state index contributed by atoms with van der Waals surface area (Å²) in [5.74, 6) is -0.274. The number of rotatable bonds is 3. The lowest BCUT2D eigenvalue weighted by Gasteiger charge is -2.36. The molecule has 1 aliphatic carbocycles. The van der Waals surface area contributed by atoms with E-state index in [1.165, 1.54) is 18.2 Å². The van der Waals surface area contributed by atoms with Gasteiger partial charge in [0, 0.05) is 17.8 Å². The quantitative estimate of drug-likeness (QED) is 0.647. The molecule has 0 radical (unpaired) electrons. The highest BCUT2D eigenvalue weighted by atomic mass is 35.5. The van der Waals surface area contributed by atoms with Crippen LogP contribution in [0, 0.1) is 10.1 Å². The molecule has 1 aromatic carbocycles. The van der Waals surface area contributed by atoms with Gasteiger partial charge >= 0.3 is 0 Å². The van der Waals surface area contributed by atoms with Gasteiger partial charge in [-0.1, -0.05) is 6.07 Å². The second-order valence-corrected chi connectivity index (χ2v) is 4.27. The van der Waals surface area contributed by atoms with E-state index < -0.39 is 10.5 Å². The molecule has 7 heteroatoms. The maximum absolute atomic E-state index is 11.8. The molecule has 0 bridgehead atoms. The van der Waals surface area contributed by atoms with Crippen LogP contribution in [0.25, 0.3) is 0 Å². The van der Waals surface area contributed by atoms with Crippen molar-refractivity contribution < 1.29 is 9.72 Å². The number of hydrogen-bond acceptors (Lipinski definition) is 4. The van der Waals surface area contributed by atoms with Crippen LogP contribution in [-0.2, 0) is 4.79 Å². The molecule has 2 rings (SSSR count). The first kappa shape index (κ1) is 14.4. The van der Waals surface area contributed by atoms with Crippen molar-refractivity contribution >= 4 is 29.7 Å². The Bertz CT molecular complexity index is 474. The summed E-state index contributed by atoms with van der Waals surface area (Å²) in [6, 6.07) is 5.82. The first-order valence-corrected chi connectivity index (χ1v) is 5.36. The third-order valence-electron chi connectivity index (χ3n) is 3.01. The highest BCUT2D eigenvalue weighted by Crippen LogP contribution is 2.30. The summed E-state index contributed by atoms with van der Waals surface area (Å²) in [6.07, 6.45) is 2.26. The van der Waals surface area contributed by atoms with Gasteiger partial charge in [-0.05, 0) is 25.3 Å². The average molecular weight is 272 g/mol. The minimum atomic E-state index is -0.801. The number of carbonyl (C=O) groups is 1. The Labute approximate surface area is 110 Å². The first-order chi connectivity index (χ1) is 8.01. The van der Waals surface area contributed by atoms with Gasteiger partial charge in [0.1, 0.15) is 0 Å². The Morgan fingerprint density at radius 1 is 1.44 bits per heavy atom. The van der Waals surface area contributed by atoms with Crippen molar-refractivity contribution in [3.05, 3.63) is 34.4 Å². The summed E-state index contributed by atoms with van der Waals surface area (Å²) in [6.45, 7) is 0. The molecule has 0 unspecified atom stereocenters. The van der Waals surface area contributed by atoms with Crippen LogP contribution in [0.1, 0.15) is 19.3 Å². The van der Waals surface area contributed by atoms with Gasteiger partial charge < -0.3 is 11.1 Å². The molecule has 1 aromatic rings. The number of halogens is 1. The van der Waals surface area contributed by atoms with Crippen LogP contribution in [0.4, 0.5) is 11.4 Å². The van der Waals surface area contributed by atoms with Crippen LogP contribution < -0.4 is 11.1 Å². The van der Waals surface area contributed by atoms with E-state index >= 15 is 0 Å². The predicted octanol–water partition coefficient (Wildman–Crippen LogP) is 1.84. The topological polar surface area (TPSA) is 98.3 Å². The van der Waals surface area contributed by atoms with Crippen molar-refractivity contribution in [2.75, 3.05) is 5.32 Å². The maximum Gasteiger partial charge on any atom is 0.271 e. The van der Waals surface area contributed by atoms with Gasteiger partial charge in [0.25, 0.3) is 5.69 Å². The van der Waals surface area contributed by atoms with Crippen LogP contribution in [0.2, 0.25) is 0 Å². The van der Waals surface area contributed by atoms with E-state index in [0.29, 0.717) is 18.5 Å². The summed E-state index contributed by atoms with van der Waals surface area (Å²) >= 11 is 0. The summed E-state index contributed by atoms with van der Waals surface area (Å²) in [4.78, 5) is 21.9. The lowest BCUT2D eigenvalue weighted by Crippen LogP contribution is -2.56. The van der Waals surface area contributed by atoms with Crippen LogP contribution in [0.5, 0.6) is 0 Å². The Kier molecular flexibility index (Phi) is 4.26. The van der Waals surface area contributed by atoms with Crippen LogP contribution >= 0.6 is 12.4 Å². The van der Waals surface area contributed by atoms with Crippen molar-refractivity contribution in [3.63, 3.8) is 0 Å². The van der Waals surface area contributed by atoms with Crippen LogP contribution in [-0.4, -0.2) is 16.4 Å². The second-order valence-electron chi connectivity index (χ2n) is 4.27. The summed E-state index contributed by atoms with van der Waals surface area (Å²) in [7, 11) is 0. The van der Waals surface area contributed by atoms with E-state index in [2.05, 4.69) is 5.32 Å². The molecule has 0 atom stereocenters. The van der Waals surface area contributed by atoms with Gasteiger partial charge in [0.2, 0.25) is 5.91 Å². The fraction of sp³-hybridized carbons (Fsp3) is 0.364. The van der Waals surface area contributed by atoms with Crippen LogP contribution in [0.3, 0.4) is 0 Å². The highest BCUT2D eigenvalue weighted by Gasteiger charge is 2.40. The summed E-state index contributed by atoms with van der Waals surface area (Å²) in [5.41, 5.74) is 5.40. The fourth-order valence-electron chi connectivity index (χ4n) is 1.74. The normalized spacial score (nSPS) is 16.1. The zero-order valence-corrected chi connectivity index (χ0v) is 10.4. The molecule has 0 aromatic heterocycles. The third kappa shape index (κ3) is 2.77. The van der Waals surface area contributed by atoms with Gasteiger partial charge in [-0.25, -0.2) is 0 Å². The van der Waals surface area contributed by atoms with Crippen molar-refractivity contribution in [1.29, 1.82) is 0 Å². The Balaban J connectivity index is 0.00000162. The number of hydrogen-bond donors (Lipinski definition) is 2. The molecule has 0 saturated heterocycles. The Hall–Kier alpha value is -1.66. The van der Waals surface area contributed by atoms with E-state index in [4.69, 9.17) is 5.73 Å². The minimum Gasteiger partial charge on any atom is -0.324 e. The minimum absolute atomic E-state index is 0. The molecule has 1 aliphatic rings. The Morgan fingerprint density at radius 3 is 2.61 bits per heavy atom. The number of nitrogens with one attached hydrogen (secondary N) is 1. The zero-order chi connectivity index (χ0) is 12.5. The number of nitrogens with zero attached hydrogens (tertiary/aromatic N) is 1. The van der Waals surface area contributed by atoms with E-state index in [1.54, 1.807) is 6.07 Å². The van der Waals surface area contributed by atoms with Gasteiger partial charge in [-0.3, -0.25) is 14.9 Å². The smallest absolute Gasteiger partial charge is 0.271 e. The lowest BCUT2D eigenvalue weighted by atomic mass is 9.77. The molecule has 0 aliphatic heterocycles. The molecular formula is C11H14ClN3O3. The molecule has 0 spiro atoms.